The van der Waals surface area contributed by atoms with Gasteiger partial charge in [-0.05, 0) is 32.2 Å². The Balaban J connectivity index is 2.12. The van der Waals surface area contributed by atoms with Gasteiger partial charge in [0.15, 0.2) is 5.03 Å². The zero-order valence-corrected chi connectivity index (χ0v) is 11.3. The van der Waals surface area contributed by atoms with Crippen LogP contribution in [0.4, 0.5) is 0 Å². The van der Waals surface area contributed by atoms with Crippen molar-refractivity contribution in [2.45, 2.75) is 43.7 Å². The van der Waals surface area contributed by atoms with Crippen molar-refractivity contribution in [3.63, 3.8) is 0 Å². The van der Waals surface area contributed by atoms with Crippen LogP contribution in [0.5, 0.6) is 0 Å². The van der Waals surface area contributed by atoms with Crippen molar-refractivity contribution < 1.29 is 8.42 Å². The monoisotopic (exact) mass is 272 g/mol. The number of nitrogens with zero attached hydrogens (tertiary/aromatic N) is 1. The minimum Gasteiger partial charge on any atom is -0.332 e. The highest BCUT2D eigenvalue weighted by molar-refractivity contribution is 7.89. The summed E-state index contributed by atoms with van der Waals surface area (Å²) in [5.41, 5.74) is 5.70. The molecule has 6 nitrogen and oxygen atoms in total. The number of aromatic nitrogens is 2. The highest BCUT2D eigenvalue weighted by atomic mass is 32.2. The van der Waals surface area contributed by atoms with E-state index in [0.717, 1.165) is 25.7 Å². The maximum Gasteiger partial charge on any atom is 0.257 e. The Morgan fingerprint density at radius 1 is 1.50 bits per heavy atom. The van der Waals surface area contributed by atoms with E-state index < -0.39 is 10.0 Å². The minimum absolute atomic E-state index is 0.0580. The van der Waals surface area contributed by atoms with Gasteiger partial charge in [0, 0.05) is 6.04 Å². The molecule has 2 rings (SSSR count). The number of nitrogens with one attached hydrogen (secondary N) is 2. The molecule has 1 heterocycles. The quantitative estimate of drug-likeness (QED) is 0.743. The standard InChI is InChI=1S/C11H20N4O2S/c1-8-13-7-11(14-8)18(16,17)15-10-5-3-2-4-9(10)6-12/h7,9-10,15H,2-6,12H2,1H3,(H,13,14). The van der Waals surface area contributed by atoms with Crippen LogP contribution in [0.25, 0.3) is 0 Å². The molecule has 2 unspecified atom stereocenters. The summed E-state index contributed by atoms with van der Waals surface area (Å²) in [6.45, 7) is 2.25. The van der Waals surface area contributed by atoms with Crippen LogP contribution < -0.4 is 10.5 Å². The number of aromatic amines is 1. The molecule has 4 N–H and O–H groups in total. The number of sulfonamides is 1. The number of nitrogens with two attached hydrogens (primary N) is 1. The maximum absolute atomic E-state index is 12.2. The molecule has 7 heteroatoms. The van der Waals surface area contributed by atoms with Gasteiger partial charge < -0.3 is 10.7 Å². The van der Waals surface area contributed by atoms with Crippen LogP contribution in [0.3, 0.4) is 0 Å². The van der Waals surface area contributed by atoms with E-state index in [2.05, 4.69) is 14.7 Å². The average Bonchev–Trinajstić information content (AvgIpc) is 2.77. The van der Waals surface area contributed by atoms with Gasteiger partial charge in [-0.2, -0.15) is 0 Å². The Kier molecular flexibility index (Phi) is 4.04. The lowest BCUT2D eigenvalue weighted by Gasteiger charge is -2.30. The summed E-state index contributed by atoms with van der Waals surface area (Å²) in [5.74, 6) is 0.826. The predicted octanol–water partition coefficient (Wildman–Crippen LogP) is 0.514. The van der Waals surface area contributed by atoms with Gasteiger partial charge in [0.05, 0.1) is 6.20 Å². The molecular weight excluding hydrogens is 252 g/mol. The summed E-state index contributed by atoms with van der Waals surface area (Å²) in [7, 11) is -3.51. The normalized spacial score (nSPS) is 25.2. The van der Waals surface area contributed by atoms with Crippen LogP contribution in [0.15, 0.2) is 11.2 Å². The first-order valence-corrected chi connectivity index (χ1v) is 7.75. The van der Waals surface area contributed by atoms with Crippen molar-refractivity contribution in [1.29, 1.82) is 0 Å². The Morgan fingerprint density at radius 2 is 2.22 bits per heavy atom. The molecule has 0 bridgehead atoms. The Morgan fingerprint density at radius 3 is 2.83 bits per heavy atom. The van der Waals surface area contributed by atoms with Gasteiger partial charge in [-0.1, -0.05) is 12.8 Å². The van der Waals surface area contributed by atoms with E-state index in [1.165, 1.54) is 6.20 Å². The van der Waals surface area contributed by atoms with Gasteiger partial charge in [-0.25, -0.2) is 18.1 Å². The van der Waals surface area contributed by atoms with Crippen LogP contribution in [0.2, 0.25) is 0 Å². The van der Waals surface area contributed by atoms with Crippen LogP contribution >= 0.6 is 0 Å². The van der Waals surface area contributed by atoms with Crippen LogP contribution in [0, 0.1) is 12.8 Å². The van der Waals surface area contributed by atoms with E-state index in [1.807, 2.05) is 0 Å². The molecule has 18 heavy (non-hydrogen) atoms. The van der Waals surface area contributed by atoms with E-state index in [-0.39, 0.29) is 17.0 Å². The van der Waals surface area contributed by atoms with Crippen molar-refractivity contribution in [3.8, 4) is 0 Å². The molecule has 1 fully saturated rings. The van der Waals surface area contributed by atoms with Crippen molar-refractivity contribution in [2.75, 3.05) is 6.54 Å². The summed E-state index contributed by atoms with van der Waals surface area (Å²) in [6, 6.07) is -0.0580. The van der Waals surface area contributed by atoms with Crippen LogP contribution in [-0.4, -0.2) is 31.0 Å². The van der Waals surface area contributed by atoms with Gasteiger partial charge in [0.1, 0.15) is 5.82 Å². The molecule has 1 aliphatic carbocycles. The Bertz CT molecular complexity index is 497. The van der Waals surface area contributed by atoms with Crippen molar-refractivity contribution in [1.82, 2.24) is 14.7 Å². The van der Waals surface area contributed by atoms with Gasteiger partial charge in [-0.15, -0.1) is 0 Å². The zero-order valence-electron chi connectivity index (χ0n) is 10.5. The summed E-state index contributed by atoms with van der Waals surface area (Å²) in [4.78, 5) is 6.66. The number of rotatable bonds is 4. The van der Waals surface area contributed by atoms with Crippen molar-refractivity contribution in [3.05, 3.63) is 12.0 Å². The third kappa shape index (κ3) is 2.90. The largest absolute Gasteiger partial charge is 0.332 e. The fraction of sp³-hybridized carbons (Fsp3) is 0.727. The topological polar surface area (TPSA) is 101 Å². The Hall–Kier alpha value is -0.920. The molecular formula is C11H20N4O2S. The second kappa shape index (κ2) is 5.38. The first kappa shape index (κ1) is 13.5. The number of hydrogen-bond acceptors (Lipinski definition) is 4. The number of H-pyrrole nitrogens is 1. The molecule has 1 aromatic rings. The van der Waals surface area contributed by atoms with E-state index >= 15 is 0 Å². The van der Waals surface area contributed by atoms with Crippen molar-refractivity contribution in [2.24, 2.45) is 11.7 Å². The highest BCUT2D eigenvalue weighted by Crippen LogP contribution is 2.24. The van der Waals surface area contributed by atoms with Crippen LogP contribution in [-0.2, 0) is 10.0 Å². The summed E-state index contributed by atoms with van der Waals surface area (Å²) >= 11 is 0. The lowest BCUT2D eigenvalue weighted by atomic mass is 9.85. The molecule has 0 spiro atoms. The van der Waals surface area contributed by atoms with E-state index in [4.69, 9.17) is 5.73 Å². The number of imidazole rings is 1. The van der Waals surface area contributed by atoms with Crippen molar-refractivity contribution >= 4 is 10.0 Å². The first-order valence-electron chi connectivity index (χ1n) is 6.27. The molecule has 2 atom stereocenters. The molecule has 0 saturated heterocycles. The summed E-state index contributed by atoms with van der Waals surface area (Å²) < 4.78 is 27.1. The molecule has 1 aliphatic rings. The molecule has 1 aromatic heterocycles. The number of aryl methyl sites for hydroxylation is 1. The van der Waals surface area contributed by atoms with Gasteiger partial charge in [-0.3, -0.25) is 0 Å². The summed E-state index contributed by atoms with van der Waals surface area (Å²) in [5, 5.41) is 0.126. The Labute approximate surface area is 107 Å². The third-order valence-corrected chi connectivity index (χ3v) is 4.89. The van der Waals surface area contributed by atoms with E-state index in [9.17, 15) is 8.42 Å². The predicted molar refractivity (Wildman–Crippen MR) is 68.4 cm³/mol. The third-order valence-electron chi connectivity index (χ3n) is 3.49. The molecule has 102 valence electrons. The molecule has 0 aromatic carbocycles. The SMILES string of the molecule is Cc1ncc(S(=O)(=O)NC2CCCCC2CN)[nH]1. The molecule has 0 radical (unpaired) electrons. The second-order valence-electron chi connectivity index (χ2n) is 4.84. The summed E-state index contributed by atoms with van der Waals surface area (Å²) in [6.07, 6.45) is 5.37. The minimum atomic E-state index is -3.51. The lowest BCUT2D eigenvalue weighted by molar-refractivity contribution is 0.296. The second-order valence-corrected chi connectivity index (χ2v) is 6.52. The fourth-order valence-corrected chi connectivity index (χ4v) is 3.75. The van der Waals surface area contributed by atoms with Crippen LogP contribution in [0.1, 0.15) is 31.5 Å². The first-order chi connectivity index (χ1) is 8.53. The average molecular weight is 272 g/mol. The van der Waals surface area contributed by atoms with E-state index in [1.54, 1.807) is 6.92 Å². The lowest BCUT2D eigenvalue weighted by Crippen LogP contribution is -2.44. The highest BCUT2D eigenvalue weighted by Gasteiger charge is 2.29. The zero-order chi connectivity index (χ0) is 13.2. The molecule has 0 amide bonds. The van der Waals surface area contributed by atoms with Gasteiger partial charge >= 0.3 is 0 Å². The van der Waals surface area contributed by atoms with Gasteiger partial charge in [0.2, 0.25) is 0 Å². The molecule has 0 aliphatic heterocycles. The smallest absolute Gasteiger partial charge is 0.257 e. The molecule has 1 saturated carbocycles. The van der Waals surface area contributed by atoms with E-state index in [0.29, 0.717) is 12.4 Å². The maximum atomic E-state index is 12.2. The number of hydrogen-bond donors (Lipinski definition) is 3. The van der Waals surface area contributed by atoms with Gasteiger partial charge in [0.25, 0.3) is 10.0 Å². The fourth-order valence-electron chi connectivity index (χ4n) is 2.44.